The van der Waals surface area contributed by atoms with Crippen LogP contribution in [0.4, 0.5) is 21.8 Å². The maximum absolute atomic E-state index is 15.4. The van der Waals surface area contributed by atoms with Crippen LogP contribution in [0.3, 0.4) is 0 Å². The second-order valence-electron chi connectivity index (χ2n) is 11.9. The van der Waals surface area contributed by atoms with E-state index in [4.69, 9.17) is 9.90 Å². The second-order valence-corrected chi connectivity index (χ2v) is 11.9. The van der Waals surface area contributed by atoms with Gasteiger partial charge < -0.3 is 31.9 Å². The Balaban J connectivity index is 0. The second kappa shape index (κ2) is 23.0. The molecule has 1 aromatic heterocycles. The Morgan fingerprint density at radius 2 is 1.89 bits per heavy atom. The molecule has 0 amide bonds. The van der Waals surface area contributed by atoms with Gasteiger partial charge in [-0.15, -0.1) is 6.07 Å². The van der Waals surface area contributed by atoms with Gasteiger partial charge in [0.15, 0.2) is 0 Å². The molecule has 242 valence electrons. The van der Waals surface area contributed by atoms with Gasteiger partial charge in [0.1, 0.15) is 23.1 Å². The van der Waals surface area contributed by atoms with Crippen LogP contribution in [0.5, 0.6) is 0 Å². The molecule has 2 N–H and O–H groups in total. The quantitative estimate of drug-likeness (QED) is 0.333. The summed E-state index contributed by atoms with van der Waals surface area (Å²) in [4.78, 5) is 21.8. The first-order valence-electron chi connectivity index (χ1n) is 15.0. The third-order valence-corrected chi connectivity index (χ3v) is 7.14. The average Bonchev–Trinajstić information content (AvgIpc) is 2.95. The molecule has 1 fully saturated rings. The minimum absolute atomic E-state index is 0. The zero-order valence-electron chi connectivity index (χ0n) is 29.1. The van der Waals surface area contributed by atoms with Crippen LogP contribution < -0.4 is 61.6 Å². The fourth-order valence-corrected chi connectivity index (χ4v) is 3.80. The van der Waals surface area contributed by atoms with Crippen LogP contribution in [-0.2, 0) is 4.79 Å². The van der Waals surface area contributed by atoms with Gasteiger partial charge in [-0.2, -0.15) is 47.4 Å². The van der Waals surface area contributed by atoms with E-state index in [2.05, 4.69) is 53.1 Å². The van der Waals surface area contributed by atoms with E-state index in [9.17, 15) is 5.26 Å². The van der Waals surface area contributed by atoms with Crippen molar-refractivity contribution in [3.8, 4) is 6.07 Å². The molecule has 44 heavy (non-hydrogen) atoms. The molecule has 1 saturated heterocycles. The minimum Gasteiger partial charge on any atom is -0.542 e. The van der Waals surface area contributed by atoms with Crippen LogP contribution >= 0.6 is 0 Å². The Morgan fingerprint density at radius 1 is 1.32 bits per heavy atom. The molecule has 0 bridgehead atoms. The van der Waals surface area contributed by atoms with Crippen molar-refractivity contribution < 1.29 is 65.7 Å². The molecule has 1 aromatic carbocycles. The number of hydrogen-bond donors (Lipinski definition) is 2. The van der Waals surface area contributed by atoms with Gasteiger partial charge in [-0.25, -0.2) is 9.37 Å². The standard InChI is InChI=1S/C23H30FN6.C5H11O.C4H10.C2H3O.K/c1-16-6-8-20(9-7-16)27-21-18(12-25)13-26-22(28-21)30-14-17(2)23(3,24)19(15-30)10-11-29(4)5;1-4-5(2,3)6;1-3-4-2;1-2-3;/h6,8-9,13,17,19H,10-11,14-15H2,1-5H3,(H,26,27,28);6H,1,4H2,2-3H3;3-4H2,1-2H3;1H3;/q2*-1;;-1;+1. The van der Waals surface area contributed by atoms with E-state index in [-0.39, 0.29) is 63.2 Å². The van der Waals surface area contributed by atoms with Gasteiger partial charge in [0, 0.05) is 30.5 Å². The van der Waals surface area contributed by atoms with Crippen LogP contribution in [0.2, 0.25) is 0 Å². The van der Waals surface area contributed by atoms with Crippen molar-refractivity contribution in [2.45, 2.75) is 92.3 Å². The predicted octanol–water partition coefficient (Wildman–Crippen LogP) is 3.86. The van der Waals surface area contributed by atoms with Gasteiger partial charge in [0.05, 0.1) is 6.20 Å². The summed E-state index contributed by atoms with van der Waals surface area (Å²) in [5.74, 6) is 0.697. The third-order valence-electron chi connectivity index (χ3n) is 7.14. The fraction of sp³-hybridized carbons (Fsp3) is 0.618. The van der Waals surface area contributed by atoms with Gasteiger partial charge in [-0.3, -0.25) is 6.29 Å². The summed E-state index contributed by atoms with van der Waals surface area (Å²) in [7, 11) is 4.01. The molecule has 3 unspecified atom stereocenters. The Labute approximate surface area is 309 Å². The Morgan fingerprint density at radius 3 is 2.32 bits per heavy atom. The van der Waals surface area contributed by atoms with Gasteiger partial charge >= 0.3 is 51.4 Å². The SMILES string of the molecule is CCCC.C[C-]=O.Cc1[c-]cc(Nc2nc(N3CC(C)C(C)(F)C(CCN(C)C)C3)ncc2C#N)cc1.[CH2-]CC(C)(C)O.[K+]. The Kier molecular flexibility index (Phi) is 23.3. The number of halogens is 1. The van der Waals surface area contributed by atoms with E-state index in [1.54, 1.807) is 20.8 Å². The molecule has 3 rings (SSSR count). The number of piperidine rings is 1. The van der Waals surface area contributed by atoms with Crippen molar-refractivity contribution in [1.82, 2.24) is 14.9 Å². The van der Waals surface area contributed by atoms with Gasteiger partial charge in [0.2, 0.25) is 5.95 Å². The smallest absolute Gasteiger partial charge is 0.542 e. The molecule has 0 radical (unpaired) electrons. The number of benzene rings is 1. The maximum Gasteiger partial charge on any atom is 1.00 e. The molecule has 1 aliphatic rings. The molecular formula is C34H54FKN6O2-2. The first-order chi connectivity index (χ1) is 20.1. The number of nitriles is 1. The number of alkyl halides is 1. The zero-order valence-corrected chi connectivity index (χ0v) is 32.2. The average molecular weight is 637 g/mol. The summed E-state index contributed by atoms with van der Waals surface area (Å²) in [5.41, 5.74) is 0.389. The summed E-state index contributed by atoms with van der Waals surface area (Å²) in [6.07, 6.45) is 7.01. The molecule has 3 atom stereocenters. The van der Waals surface area contributed by atoms with E-state index < -0.39 is 11.3 Å². The van der Waals surface area contributed by atoms with Crippen molar-refractivity contribution in [3.63, 3.8) is 0 Å². The molecule has 2 aromatic rings. The number of hydrogen-bond acceptors (Lipinski definition) is 8. The first-order valence-corrected chi connectivity index (χ1v) is 15.0. The number of carbonyl (C=O) groups excluding carboxylic acids is 1. The number of nitrogens with one attached hydrogen (secondary N) is 1. The summed E-state index contributed by atoms with van der Waals surface area (Å²) in [5, 5.41) is 21.4. The van der Waals surface area contributed by atoms with Crippen molar-refractivity contribution in [1.29, 1.82) is 5.26 Å². The summed E-state index contributed by atoms with van der Waals surface area (Å²) in [6.45, 7) is 20.2. The van der Waals surface area contributed by atoms with Crippen molar-refractivity contribution >= 4 is 23.7 Å². The first kappa shape index (κ1) is 44.7. The molecule has 10 heteroatoms. The van der Waals surface area contributed by atoms with Crippen LogP contribution in [0, 0.1) is 43.1 Å². The van der Waals surface area contributed by atoms with Gasteiger partial charge in [-0.05, 0) is 47.8 Å². The van der Waals surface area contributed by atoms with E-state index >= 15 is 4.39 Å². The number of nitrogens with zero attached hydrogens (tertiary/aromatic N) is 5. The molecule has 8 nitrogen and oxygen atoms in total. The normalized spacial score (nSPS) is 19.0. The summed E-state index contributed by atoms with van der Waals surface area (Å²) >= 11 is 0. The topological polar surface area (TPSA) is 105 Å². The van der Waals surface area contributed by atoms with Crippen LogP contribution in [0.1, 0.15) is 85.3 Å². The van der Waals surface area contributed by atoms with Crippen molar-refractivity contribution in [3.05, 3.63) is 48.5 Å². The van der Waals surface area contributed by atoms with Crippen LogP contribution in [-0.4, -0.2) is 71.3 Å². The minimum atomic E-state index is -1.24. The largest absolute Gasteiger partial charge is 1.00 e. The summed E-state index contributed by atoms with van der Waals surface area (Å²) in [6, 6.07) is 11.0. The molecule has 0 saturated carbocycles. The van der Waals surface area contributed by atoms with E-state index in [1.165, 1.54) is 32.2 Å². The Bertz CT molecular complexity index is 1100. The fourth-order valence-electron chi connectivity index (χ4n) is 3.80. The van der Waals surface area contributed by atoms with Crippen LogP contribution in [0.25, 0.3) is 0 Å². The number of rotatable bonds is 8. The molecule has 0 aliphatic carbocycles. The Hall–Kier alpha value is -1.45. The van der Waals surface area contributed by atoms with Crippen molar-refractivity contribution in [2.24, 2.45) is 11.8 Å². The van der Waals surface area contributed by atoms with Gasteiger partial charge in [-0.1, -0.05) is 46.2 Å². The van der Waals surface area contributed by atoms with E-state index in [0.29, 0.717) is 36.8 Å². The predicted molar refractivity (Wildman–Crippen MR) is 176 cm³/mol. The molecule has 0 spiro atoms. The zero-order chi connectivity index (χ0) is 33.2. The molecular weight excluding hydrogens is 583 g/mol. The monoisotopic (exact) mass is 636 g/mol. The number of unbranched alkanes of at least 4 members (excludes halogenated alkanes) is 1. The number of aryl methyl sites for hydroxylation is 1. The summed E-state index contributed by atoms with van der Waals surface area (Å²) < 4.78 is 15.4. The maximum atomic E-state index is 15.4. The number of anilines is 3. The molecule has 1 aliphatic heterocycles. The van der Waals surface area contributed by atoms with Crippen LogP contribution in [0.15, 0.2) is 24.4 Å². The van der Waals surface area contributed by atoms with Gasteiger partial charge in [0.25, 0.3) is 0 Å². The number of aromatic nitrogens is 2. The third kappa shape index (κ3) is 17.3. The molecule has 2 heterocycles. The number of aliphatic hydroxyl groups is 1. The van der Waals surface area contributed by atoms with E-state index in [1.807, 2.05) is 51.0 Å². The van der Waals surface area contributed by atoms with Crippen molar-refractivity contribution in [2.75, 3.05) is 43.9 Å². The van der Waals surface area contributed by atoms with E-state index in [0.717, 1.165) is 24.2 Å².